The SMILES string of the molecule is C=CCCCN(C)C(=NC)NCC1(c2ccc(Br)cc2)CCOCC1.I. The lowest BCUT2D eigenvalue weighted by atomic mass is 9.74. The molecule has 1 aliphatic heterocycles. The number of nitrogens with zero attached hydrogens (tertiary/aromatic N) is 2. The number of rotatable bonds is 7. The van der Waals surface area contributed by atoms with Gasteiger partial charge in [-0.1, -0.05) is 34.1 Å². The third-order valence-electron chi connectivity index (χ3n) is 4.97. The third-order valence-corrected chi connectivity index (χ3v) is 5.50. The Kier molecular flexibility index (Phi) is 10.8. The van der Waals surface area contributed by atoms with Crippen LogP contribution in [-0.4, -0.2) is 51.3 Å². The van der Waals surface area contributed by atoms with E-state index in [4.69, 9.17) is 4.74 Å². The summed E-state index contributed by atoms with van der Waals surface area (Å²) in [6, 6.07) is 8.72. The van der Waals surface area contributed by atoms with Gasteiger partial charge in [-0.05, 0) is 43.4 Å². The van der Waals surface area contributed by atoms with Crippen molar-refractivity contribution in [3.63, 3.8) is 0 Å². The zero-order valence-electron chi connectivity index (χ0n) is 15.8. The summed E-state index contributed by atoms with van der Waals surface area (Å²) in [5.74, 6) is 0.951. The average molecular weight is 536 g/mol. The summed E-state index contributed by atoms with van der Waals surface area (Å²) in [6.45, 7) is 7.26. The Labute approximate surface area is 183 Å². The van der Waals surface area contributed by atoms with Gasteiger partial charge in [0.2, 0.25) is 0 Å². The van der Waals surface area contributed by atoms with Crippen molar-refractivity contribution in [2.24, 2.45) is 4.99 Å². The maximum Gasteiger partial charge on any atom is 0.193 e. The first kappa shape index (κ1) is 23.4. The van der Waals surface area contributed by atoms with Gasteiger partial charge in [0.1, 0.15) is 0 Å². The normalized spacial score (nSPS) is 16.5. The second-order valence-electron chi connectivity index (χ2n) is 6.65. The highest BCUT2D eigenvalue weighted by Gasteiger charge is 2.34. The molecule has 1 N–H and O–H groups in total. The van der Waals surface area contributed by atoms with Gasteiger partial charge in [-0.3, -0.25) is 4.99 Å². The maximum absolute atomic E-state index is 5.63. The number of halogens is 2. The van der Waals surface area contributed by atoms with Gasteiger partial charge in [0.05, 0.1) is 0 Å². The van der Waals surface area contributed by atoms with E-state index in [1.807, 2.05) is 13.1 Å². The summed E-state index contributed by atoms with van der Waals surface area (Å²) in [7, 11) is 3.94. The number of aliphatic imine (C=N–C) groups is 1. The summed E-state index contributed by atoms with van der Waals surface area (Å²) in [5.41, 5.74) is 1.47. The van der Waals surface area contributed by atoms with Crippen LogP contribution in [0.3, 0.4) is 0 Å². The number of hydrogen-bond acceptors (Lipinski definition) is 2. The molecular formula is C20H31BrIN3O. The molecule has 4 nitrogen and oxygen atoms in total. The molecule has 0 bridgehead atoms. The minimum Gasteiger partial charge on any atom is -0.381 e. The van der Waals surface area contributed by atoms with Crippen molar-refractivity contribution in [1.82, 2.24) is 10.2 Å². The molecule has 1 fully saturated rings. The van der Waals surface area contributed by atoms with Gasteiger partial charge in [-0.25, -0.2) is 0 Å². The van der Waals surface area contributed by atoms with Crippen molar-refractivity contribution < 1.29 is 4.74 Å². The van der Waals surface area contributed by atoms with E-state index >= 15 is 0 Å². The van der Waals surface area contributed by atoms with Crippen molar-refractivity contribution in [2.75, 3.05) is 40.4 Å². The number of nitrogens with one attached hydrogen (secondary N) is 1. The van der Waals surface area contributed by atoms with Crippen LogP contribution in [0.1, 0.15) is 31.2 Å². The van der Waals surface area contributed by atoms with E-state index in [1.165, 1.54) is 5.56 Å². The highest BCUT2D eigenvalue weighted by molar-refractivity contribution is 14.0. The molecule has 1 saturated heterocycles. The Hall–Kier alpha value is -0.600. The van der Waals surface area contributed by atoms with Crippen molar-refractivity contribution >= 4 is 45.9 Å². The molecule has 1 aliphatic rings. The van der Waals surface area contributed by atoms with Crippen molar-refractivity contribution in [3.8, 4) is 0 Å². The molecule has 1 aromatic carbocycles. The molecular weight excluding hydrogens is 505 g/mol. The van der Waals surface area contributed by atoms with Crippen LogP contribution in [0, 0.1) is 0 Å². The highest BCUT2D eigenvalue weighted by atomic mass is 127. The van der Waals surface area contributed by atoms with Gasteiger partial charge in [-0.2, -0.15) is 0 Å². The van der Waals surface area contributed by atoms with Crippen molar-refractivity contribution in [1.29, 1.82) is 0 Å². The fraction of sp³-hybridized carbons (Fsp3) is 0.550. The predicted octanol–water partition coefficient (Wildman–Crippen LogP) is 4.59. The zero-order chi connectivity index (χ0) is 18.1. The lowest BCUT2D eigenvalue weighted by Crippen LogP contribution is -2.48. The number of guanidine groups is 1. The largest absolute Gasteiger partial charge is 0.381 e. The Morgan fingerprint density at radius 1 is 1.35 bits per heavy atom. The Balaban J connectivity index is 0.00000338. The van der Waals surface area contributed by atoms with Crippen LogP contribution in [0.5, 0.6) is 0 Å². The minimum absolute atomic E-state index is 0. The Bertz CT molecular complexity index is 571. The van der Waals surface area contributed by atoms with Crippen LogP contribution in [0.15, 0.2) is 46.4 Å². The van der Waals surface area contributed by atoms with E-state index in [0.717, 1.165) is 62.4 Å². The zero-order valence-corrected chi connectivity index (χ0v) is 19.8. The smallest absolute Gasteiger partial charge is 0.193 e. The van der Waals surface area contributed by atoms with Crippen LogP contribution in [0.2, 0.25) is 0 Å². The van der Waals surface area contributed by atoms with Gasteiger partial charge in [0, 0.05) is 50.3 Å². The molecule has 0 saturated carbocycles. The molecule has 0 aromatic heterocycles. The standard InChI is InChI=1S/C20H30BrN3O.HI/c1-4-5-6-13-24(3)19(22-2)23-16-20(11-14-25-15-12-20)17-7-9-18(21)10-8-17;/h4,7-10H,1,5-6,11-16H2,2-3H3,(H,22,23);1H. The second-order valence-corrected chi connectivity index (χ2v) is 7.57. The van der Waals surface area contributed by atoms with Crippen molar-refractivity contribution in [2.45, 2.75) is 31.1 Å². The van der Waals surface area contributed by atoms with Gasteiger partial charge >= 0.3 is 0 Å². The molecule has 6 heteroatoms. The molecule has 0 atom stereocenters. The summed E-state index contributed by atoms with van der Waals surface area (Å²) in [5, 5.41) is 3.60. The molecule has 0 unspecified atom stereocenters. The quantitative estimate of drug-likeness (QED) is 0.182. The molecule has 1 aromatic rings. The van der Waals surface area contributed by atoms with Crippen LogP contribution >= 0.6 is 39.9 Å². The van der Waals surface area contributed by atoms with E-state index < -0.39 is 0 Å². The van der Waals surface area contributed by atoms with Gasteiger partial charge in [0.15, 0.2) is 5.96 Å². The van der Waals surface area contributed by atoms with Crippen LogP contribution in [-0.2, 0) is 10.2 Å². The first-order chi connectivity index (χ1) is 12.1. The molecule has 2 rings (SSSR count). The monoisotopic (exact) mass is 535 g/mol. The minimum atomic E-state index is 0. The van der Waals surface area contributed by atoms with Crippen LogP contribution in [0.4, 0.5) is 0 Å². The molecule has 0 spiro atoms. The first-order valence-electron chi connectivity index (χ1n) is 8.98. The van der Waals surface area contributed by atoms with E-state index in [0.29, 0.717) is 0 Å². The summed E-state index contributed by atoms with van der Waals surface area (Å²) >= 11 is 3.54. The van der Waals surface area contributed by atoms with E-state index in [1.54, 1.807) is 0 Å². The summed E-state index contributed by atoms with van der Waals surface area (Å²) < 4.78 is 6.74. The average Bonchev–Trinajstić information content (AvgIpc) is 2.64. The number of ether oxygens (including phenoxy) is 1. The summed E-state index contributed by atoms with van der Waals surface area (Å²) in [6.07, 6.45) is 6.14. The molecule has 0 radical (unpaired) electrons. The molecule has 0 aliphatic carbocycles. The molecule has 0 amide bonds. The van der Waals surface area contributed by atoms with Crippen LogP contribution in [0.25, 0.3) is 0 Å². The summed E-state index contributed by atoms with van der Waals surface area (Å²) in [4.78, 5) is 6.65. The Morgan fingerprint density at radius 2 is 2.00 bits per heavy atom. The maximum atomic E-state index is 5.63. The molecule has 146 valence electrons. The first-order valence-corrected chi connectivity index (χ1v) is 9.77. The van der Waals surface area contributed by atoms with Crippen LogP contribution < -0.4 is 5.32 Å². The predicted molar refractivity (Wildman–Crippen MR) is 125 cm³/mol. The van der Waals surface area contributed by atoms with Gasteiger partial charge in [-0.15, -0.1) is 30.6 Å². The number of hydrogen-bond donors (Lipinski definition) is 1. The molecule has 26 heavy (non-hydrogen) atoms. The van der Waals surface area contributed by atoms with E-state index in [9.17, 15) is 0 Å². The number of benzene rings is 1. The highest BCUT2D eigenvalue weighted by Crippen LogP contribution is 2.35. The molecule has 1 heterocycles. The third kappa shape index (κ3) is 6.53. The van der Waals surface area contributed by atoms with E-state index in [2.05, 4.69) is 69.0 Å². The second kappa shape index (κ2) is 12.0. The topological polar surface area (TPSA) is 36.9 Å². The van der Waals surface area contributed by atoms with E-state index in [-0.39, 0.29) is 29.4 Å². The fourth-order valence-corrected chi connectivity index (χ4v) is 3.61. The lowest BCUT2D eigenvalue weighted by Gasteiger charge is -2.39. The van der Waals surface area contributed by atoms with Gasteiger partial charge in [0.25, 0.3) is 0 Å². The van der Waals surface area contributed by atoms with Gasteiger partial charge < -0.3 is 15.0 Å². The number of unbranched alkanes of at least 4 members (excludes halogenated alkanes) is 1. The lowest BCUT2D eigenvalue weighted by molar-refractivity contribution is 0.0512. The fourth-order valence-electron chi connectivity index (χ4n) is 3.34. The Morgan fingerprint density at radius 3 is 2.58 bits per heavy atom. The van der Waals surface area contributed by atoms with Crippen molar-refractivity contribution in [3.05, 3.63) is 47.0 Å². The number of allylic oxidation sites excluding steroid dienone is 1.